The maximum atomic E-state index is 6.09. The molecule has 2 aliphatic carbocycles. The summed E-state index contributed by atoms with van der Waals surface area (Å²) in [6.45, 7) is 4.27. The van der Waals surface area contributed by atoms with Gasteiger partial charge in [-0.2, -0.15) is 0 Å². The smallest absolute Gasteiger partial charge is 0.131 e. The van der Waals surface area contributed by atoms with Gasteiger partial charge in [-0.25, -0.2) is 9.97 Å². The summed E-state index contributed by atoms with van der Waals surface area (Å²) in [5, 5.41) is 0. The van der Waals surface area contributed by atoms with Gasteiger partial charge in [-0.1, -0.05) is 39.0 Å². The largest absolute Gasteiger partial charge is 0.256 e. The number of hydrogen-bond acceptors (Lipinski definition) is 3. The van der Waals surface area contributed by atoms with Crippen LogP contribution in [0, 0.1) is 12.3 Å². The Morgan fingerprint density at radius 1 is 1.04 bits per heavy atom. The standard InChI is InChI=1S/C24H29N3/c1-4-18-22(21-14-15-25-24(27-21)16(2)3)19-12-6-5-7-13-20(19)26-23(18)17-10-8-9-11-17/h1,14-17H,5-13H2,2-3H3. The summed E-state index contributed by atoms with van der Waals surface area (Å²) in [6.07, 6.45) is 18.8. The molecule has 0 spiro atoms. The minimum atomic E-state index is 0.300. The van der Waals surface area contributed by atoms with Gasteiger partial charge in [0.1, 0.15) is 5.82 Å². The Morgan fingerprint density at radius 2 is 1.81 bits per heavy atom. The molecule has 4 rings (SSSR count). The Kier molecular flexibility index (Phi) is 5.25. The first-order valence-corrected chi connectivity index (χ1v) is 10.5. The van der Waals surface area contributed by atoms with Crippen LogP contribution in [0.1, 0.15) is 99.0 Å². The summed E-state index contributed by atoms with van der Waals surface area (Å²) in [6, 6.07) is 2.03. The Morgan fingerprint density at radius 3 is 2.56 bits per heavy atom. The van der Waals surface area contributed by atoms with E-state index in [0.717, 1.165) is 35.6 Å². The number of rotatable bonds is 3. The minimum Gasteiger partial charge on any atom is -0.256 e. The highest BCUT2D eigenvalue weighted by molar-refractivity contribution is 5.74. The summed E-state index contributed by atoms with van der Waals surface area (Å²) < 4.78 is 0. The average molecular weight is 360 g/mol. The third kappa shape index (κ3) is 3.50. The molecule has 27 heavy (non-hydrogen) atoms. The molecule has 2 aromatic rings. The van der Waals surface area contributed by atoms with Gasteiger partial charge in [0.2, 0.25) is 0 Å². The van der Waals surface area contributed by atoms with Crippen molar-refractivity contribution < 1.29 is 0 Å². The van der Waals surface area contributed by atoms with E-state index in [1.165, 1.54) is 61.8 Å². The van der Waals surface area contributed by atoms with Crippen molar-refractivity contribution in [3.8, 4) is 23.6 Å². The fourth-order valence-electron chi connectivity index (χ4n) is 4.65. The quantitative estimate of drug-likeness (QED) is 0.531. The van der Waals surface area contributed by atoms with E-state index in [0.29, 0.717) is 11.8 Å². The maximum absolute atomic E-state index is 6.09. The van der Waals surface area contributed by atoms with Crippen LogP contribution in [0.15, 0.2) is 12.3 Å². The zero-order valence-electron chi connectivity index (χ0n) is 16.6. The average Bonchev–Trinajstić information content (AvgIpc) is 3.12. The van der Waals surface area contributed by atoms with Gasteiger partial charge in [0, 0.05) is 29.3 Å². The molecule has 2 aliphatic rings. The first-order valence-electron chi connectivity index (χ1n) is 10.5. The van der Waals surface area contributed by atoms with Crippen molar-refractivity contribution >= 4 is 0 Å². The zero-order chi connectivity index (χ0) is 18.8. The van der Waals surface area contributed by atoms with Gasteiger partial charge in [-0.3, -0.25) is 4.98 Å². The van der Waals surface area contributed by atoms with Gasteiger partial charge in [0.05, 0.1) is 17.0 Å². The van der Waals surface area contributed by atoms with E-state index in [2.05, 4.69) is 24.8 Å². The van der Waals surface area contributed by atoms with Crippen molar-refractivity contribution in [1.82, 2.24) is 15.0 Å². The second-order valence-electron chi connectivity index (χ2n) is 8.31. The lowest BCUT2D eigenvalue weighted by Gasteiger charge is -2.21. The predicted octanol–water partition coefficient (Wildman–Crippen LogP) is 5.57. The highest BCUT2D eigenvalue weighted by Gasteiger charge is 2.28. The van der Waals surface area contributed by atoms with E-state index >= 15 is 0 Å². The lowest BCUT2D eigenvalue weighted by atomic mass is 9.88. The number of hydrogen-bond donors (Lipinski definition) is 0. The molecule has 0 unspecified atom stereocenters. The predicted molar refractivity (Wildman–Crippen MR) is 110 cm³/mol. The molecule has 1 saturated carbocycles. The number of aryl methyl sites for hydroxylation is 1. The van der Waals surface area contributed by atoms with Gasteiger partial charge in [0.25, 0.3) is 0 Å². The number of pyridine rings is 1. The van der Waals surface area contributed by atoms with Crippen LogP contribution >= 0.6 is 0 Å². The molecule has 0 radical (unpaired) electrons. The Balaban J connectivity index is 1.96. The molecule has 140 valence electrons. The lowest BCUT2D eigenvalue weighted by molar-refractivity contribution is 0.681. The molecule has 3 heteroatoms. The fraction of sp³-hybridized carbons (Fsp3) is 0.542. The van der Waals surface area contributed by atoms with E-state index in [1.807, 2.05) is 12.3 Å². The Hall–Kier alpha value is -2.21. The van der Waals surface area contributed by atoms with Crippen LogP contribution in [-0.2, 0) is 12.8 Å². The second kappa shape index (κ2) is 7.80. The number of fused-ring (bicyclic) bond motifs is 1. The molecule has 0 atom stereocenters. The molecule has 3 nitrogen and oxygen atoms in total. The topological polar surface area (TPSA) is 38.7 Å². The van der Waals surface area contributed by atoms with Gasteiger partial charge < -0.3 is 0 Å². The summed E-state index contributed by atoms with van der Waals surface area (Å²) in [7, 11) is 0. The number of nitrogens with zero attached hydrogens (tertiary/aromatic N) is 3. The summed E-state index contributed by atoms with van der Waals surface area (Å²) in [4.78, 5) is 14.6. The van der Waals surface area contributed by atoms with Crippen LogP contribution in [-0.4, -0.2) is 15.0 Å². The molecule has 0 N–H and O–H groups in total. The zero-order valence-corrected chi connectivity index (χ0v) is 16.6. The van der Waals surface area contributed by atoms with Crippen molar-refractivity contribution in [1.29, 1.82) is 0 Å². The lowest BCUT2D eigenvalue weighted by Crippen LogP contribution is -2.11. The molecule has 2 aromatic heterocycles. The van der Waals surface area contributed by atoms with Crippen LogP contribution in [0.3, 0.4) is 0 Å². The molecular formula is C24H29N3. The van der Waals surface area contributed by atoms with Gasteiger partial charge in [-0.05, 0) is 50.2 Å². The van der Waals surface area contributed by atoms with Crippen LogP contribution in [0.4, 0.5) is 0 Å². The van der Waals surface area contributed by atoms with Crippen LogP contribution < -0.4 is 0 Å². The Bertz CT molecular complexity index is 870. The highest BCUT2D eigenvalue weighted by atomic mass is 14.9. The van der Waals surface area contributed by atoms with E-state index in [1.54, 1.807) is 0 Å². The summed E-state index contributed by atoms with van der Waals surface area (Å²) in [5.74, 6) is 4.73. The first-order chi connectivity index (χ1) is 13.2. The van der Waals surface area contributed by atoms with Gasteiger partial charge in [-0.15, -0.1) is 6.42 Å². The van der Waals surface area contributed by atoms with Crippen LogP contribution in [0.25, 0.3) is 11.3 Å². The molecule has 0 amide bonds. The third-order valence-corrected chi connectivity index (χ3v) is 6.08. The van der Waals surface area contributed by atoms with Crippen molar-refractivity contribution in [2.75, 3.05) is 0 Å². The van der Waals surface area contributed by atoms with Crippen molar-refractivity contribution in [3.05, 3.63) is 40.6 Å². The van der Waals surface area contributed by atoms with E-state index in [9.17, 15) is 0 Å². The van der Waals surface area contributed by atoms with E-state index in [-0.39, 0.29) is 0 Å². The summed E-state index contributed by atoms with van der Waals surface area (Å²) in [5.41, 5.74) is 6.94. The second-order valence-corrected chi connectivity index (χ2v) is 8.31. The molecule has 0 aromatic carbocycles. The molecule has 2 heterocycles. The number of terminal acetylenes is 1. The van der Waals surface area contributed by atoms with Crippen molar-refractivity contribution in [2.24, 2.45) is 0 Å². The van der Waals surface area contributed by atoms with Crippen molar-refractivity contribution in [3.63, 3.8) is 0 Å². The highest BCUT2D eigenvalue weighted by Crippen LogP contribution is 2.40. The minimum absolute atomic E-state index is 0.300. The Labute approximate surface area is 163 Å². The third-order valence-electron chi connectivity index (χ3n) is 6.08. The summed E-state index contributed by atoms with van der Waals surface area (Å²) >= 11 is 0. The first kappa shape index (κ1) is 18.2. The van der Waals surface area contributed by atoms with E-state index in [4.69, 9.17) is 16.4 Å². The van der Waals surface area contributed by atoms with E-state index < -0.39 is 0 Å². The van der Waals surface area contributed by atoms with Gasteiger partial charge >= 0.3 is 0 Å². The molecule has 0 aliphatic heterocycles. The molecular weight excluding hydrogens is 330 g/mol. The molecule has 1 fully saturated rings. The van der Waals surface area contributed by atoms with Gasteiger partial charge in [0.15, 0.2) is 0 Å². The molecule has 0 saturated heterocycles. The number of aromatic nitrogens is 3. The SMILES string of the molecule is C#Cc1c(C2CCCC2)nc2c(c1-c1ccnc(C(C)C)n1)CCCCC2. The maximum Gasteiger partial charge on any atom is 0.131 e. The van der Waals surface area contributed by atoms with Crippen LogP contribution in [0.2, 0.25) is 0 Å². The molecule has 0 bridgehead atoms. The van der Waals surface area contributed by atoms with Crippen molar-refractivity contribution in [2.45, 2.75) is 83.5 Å². The monoisotopic (exact) mass is 359 g/mol. The fourth-order valence-corrected chi connectivity index (χ4v) is 4.65. The normalized spacial score (nSPS) is 17.6. The van der Waals surface area contributed by atoms with Crippen LogP contribution in [0.5, 0.6) is 0 Å².